The van der Waals surface area contributed by atoms with Crippen LogP contribution in [0, 0.1) is 0 Å². The number of aromatic nitrogens is 4. The van der Waals surface area contributed by atoms with Crippen molar-refractivity contribution in [3.05, 3.63) is 30.4 Å². The third-order valence-corrected chi connectivity index (χ3v) is 2.05. The zero-order valence-electron chi connectivity index (χ0n) is 9.21. The summed E-state index contributed by atoms with van der Waals surface area (Å²) in [5.41, 5.74) is 1.09. The van der Waals surface area contributed by atoms with E-state index in [9.17, 15) is 0 Å². The number of rotatable bonds is 4. The molecule has 0 unspecified atom stereocenters. The number of aryl methyl sites for hydroxylation is 1. The molecular weight excluding hydrogens is 206 g/mol. The molecule has 0 bridgehead atoms. The highest BCUT2D eigenvalue weighted by Crippen LogP contribution is 2.09. The number of ether oxygens (including phenoxy) is 1. The van der Waals surface area contributed by atoms with Gasteiger partial charge in [0.2, 0.25) is 5.88 Å². The van der Waals surface area contributed by atoms with Gasteiger partial charge in [0.15, 0.2) is 0 Å². The first-order valence-electron chi connectivity index (χ1n) is 4.85. The molecule has 0 atom stereocenters. The van der Waals surface area contributed by atoms with Gasteiger partial charge in [0.25, 0.3) is 0 Å². The number of hydrogen-bond acceptors (Lipinski definition) is 5. The van der Waals surface area contributed by atoms with Crippen LogP contribution in [-0.2, 0) is 13.6 Å². The van der Waals surface area contributed by atoms with Gasteiger partial charge in [-0.05, 0) is 0 Å². The summed E-state index contributed by atoms with van der Waals surface area (Å²) in [6, 6.07) is 0. The quantitative estimate of drug-likeness (QED) is 0.825. The summed E-state index contributed by atoms with van der Waals surface area (Å²) in [5, 5.41) is 7.22. The Morgan fingerprint density at radius 1 is 1.38 bits per heavy atom. The molecule has 2 aromatic heterocycles. The summed E-state index contributed by atoms with van der Waals surface area (Å²) in [7, 11) is 3.45. The molecule has 6 heteroatoms. The molecule has 2 heterocycles. The number of nitrogens with one attached hydrogen (secondary N) is 1. The van der Waals surface area contributed by atoms with Gasteiger partial charge in [-0.15, -0.1) is 0 Å². The minimum absolute atomic E-state index is 0.496. The van der Waals surface area contributed by atoms with Gasteiger partial charge < -0.3 is 10.1 Å². The van der Waals surface area contributed by atoms with Crippen LogP contribution in [0.15, 0.2) is 24.8 Å². The van der Waals surface area contributed by atoms with Gasteiger partial charge in [-0.25, -0.2) is 0 Å². The predicted molar refractivity (Wildman–Crippen MR) is 59.1 cm³/mol. The topological polar surface area (TPSA) is 64.9 Å². The van der Waals surface area contributed by atoms with Crippen molar-refractivity contribution in [3.8, 4) is 5.88 Å². The fourth-order valence-electron chi connectivity index (χ4n) is 1.29. The van der Waals surface area contributed by atoms with Crippen LogP contribution in [0.2, 0.25) is 0 Å². The molecule has 0 saturated heterocycles. The van der Waals surface area contributed by atoms with Crippen molar-refractivity contribution in [2.24, 2.45) is 7.05 Å². The van der Waals surface area contributed by atoms with E-state index in [1.165, 1.54) is 0 Å². The van der Waals surface area contributed by atoms with Gasteiger partial charge in [0.1, 0.15) is 5.82 Å². The Kier molecular flexibility index (Phi) is 3.00. The van der Waals surface area contributed by atoms with Crippen LogP contribution in [0.25, 0.3) is 0 Å². The van der Waals surface area contributed by atoms with E-state index in [2.05, 4.69) is 20.4 Å². The van der Waals surface area contributed by atoms with Crippen molar-refractivity contribution in [2.75, 3.05) is 12.4 Å². The van der Waals surface area contributed by atoms with E-state index >= 15 is 0 Å². The number of anilines is 1. The molecule has 0 saturated carbocycles. The molecule has 0 amide bonds. The first kappa shape index (κ1) is 10.4. The summed E-state index contributed by atoms with van der Waals surface area (Å²) < 4.78 is 6.74. The maximum Gasteiger partial charge on any atom is 0.233 e. The minimum Gasteiger partial charge on any atom is -0.480 e. The molecule has 2 rings (SSSR count). The van der Waals surface area contributed by atoms with Crippen LogP contribution in [0.3, 0.4) is 0 Å². The fourth-order valence-corrected chi connectivity index (χ4v) is 1.29. The summed E-state index contributed by atoms with van der Waals surface area (Å²) in [6.07, 6.45) is 6.97. The molecule has 0 aliphatic heterocycles. The zero-order valence-corrected chi connectivity index (χ0v) is 9.21. The predicted octanol–water partition coefficient (Wildman–Crippen LogP) is 0.831. The summed E-state index contributed by atoms with van der Waals surface area (Å²) in [4.78, 5) is 8.19. The highest BCUT2D eigenvalue weighted by atomic mass is 16.5. The maximum absolute atomic E-state index is 4.98. The van der Waals surface area contributed by atoms with Gasteiger partial charge in [-0.2, -0.15) is 10.1 Å². The molecule has 84 valence electrons. The SMILES string of the molecule is COc1cncc(NCc2cnn(C)c2)n1. The molecule has 0 fully saturated rings. The second kappa shape index (κ2) is 4.61. The van der Waals surface area contributed by atoms with Crippen molar-refractivity contribution in [2.45, 2.75) is 6.54 Å². The fraction of sp³-hybridized carbons (Fsp3) is 0.300. The third kappa shape index (κ3) is 2.47. The van der Waals surface area contributed by atoms with Gasteiger partial charge in [-0.1, -0.05) is 0 Å². The van der Waals surface area contributed by atoms with Crippen molar-refractivity contribution in [1.82, 2.24) is 19.7 Å². The van der Waals surface area contributed by atoms with E-state index in [0.717, 1.165) is 5.56 Å². The van der Waals surface area contributed by atoms with Gasteiger partial charge in [0, 0.05) is 25.4 Å². The lowest BCUT2D eigenvalue weighted by Crippen LogP contribution is -2.02. The van der Waals surface area contributed by atoms with E-state index in [1.54, 1.807) is 30.4 Å². The number of nitrogens with zero attached hydrogens (tertiary/aromatic N) is 4. The Hall–Kier alpha value is -2.11. The summed E-state index contributed by atoms with van der Waals surface area (Å²) in [6.45, 7) is 0.662. The number of hydrogen-bond donors (Lipinski definition) is 1. The first-order chi connectivity index (χ1) is 7.78. The Morgan fingerprint density at radius 3 is 2.94 bits per heavy atom. The normalized spacial score (nSPS) is 10.1. The molecule has 0 radical (unpaired) electrons. The van der Waals surface area contributed by atoms with E-state index < -0.39 is 0 Å². The van der Waals surface area contributed by atoms with Crippen LogP contribution in [0.4, 0.5) is 5.82 Å². The molecular formula is C10H13N5O. The highest BCUT2D eigenvalue weighted by molar-refractivity contribution is 5.34. The lowest BCUT2D eigenvalue weighted by atomic mass is 10.3. The minimum atomic E-state index is 0.496. The molecule has 0 aliphatic rings. The molecule has 0 spiro atoms. The lowest BCUT2D eigenvalue weighted by Gasteiger charge is -2.04. The second-order valence-electron chi connectivity index (χ2n) is 3.32. The van der Waals surface area contributed by atoms with E-state index in [-0.39, 0.29) is 0 Å². The average molecular weight is 219 g/mol. The monoisotopic (exact) mass is 219 g/mol. The molecule has 6 nitrogen and oxygen atoms in total. The largest absolute Gasteiger partial charge is 0.480 e. The van der Waals surface area contributed by atoms with Crippen LogP contribution in [0.1, 0.15) is 5.56 Å². The summed E-state index contributed by atoms with van der Waals surface area (Å²) >= 11 is 0. The molecule has 1 N–H and O–H groups in total. The van der Waals surface area contributed by atoms with E-state index in [4.69, 9.17) is 4.74 Å². The van der Waals surface area contributed by atoms with Crippen molar-refractivity contribution >= 4 is 5.82 Å². The van der Waals surface area contributed by atoms with Crippen LogP contribution in [-0.4, -0.2) is 26.9 Å². The van der Waals surface area contributed by atoms with Crippen molar-refractivity contribution in [1.29, 1.82) is 0 Å². The molecule has 16 heavy (non-hydrogen) atoms. The molecule has 0 aromatic carbocycles. The Labute approximate surface area is 93.3 Å². The molecule has 0 aliphatic carbocycles. The zero-order chi connectivity index (χ0) is 11.4. The maximum atomic E-state index is 4.98. The van der Waals surface area contributed by atoms with Crippen molar-refractivity contribution < 1.29 is 4.74 Å². The van der Waals surface area contributed by atoms with Crippen LogP contribution in [0.5, 0.6) is 5.88 Å². The Balaban J connectivity index is 1.99. The van der Waals surface area contributed by atoms with Crippen LogP contribution >= 0.6 is 0 Å². The van der Waals surface area contributed by atoms with Gasteiger partial charge >= 0.3 is 0 Å². The second-order valence-corrected chi connectivity index (χ2v) is 3.32. The van der Waals surface area contributed by atoms with Gasteiger partial charge in [0.05, 0.1) is 25.7 Å². The van der Waals surface area contributed by atoms with Gasteiger partial charge in [-0.3, -0.25) is 9.67 Å². The van der Waals surface area contributed by atoms with Crippen LogP contribution < -0.4 is 10.1 Å². The standard InChI is InChI=1S/C10H13N5O/c1-15-7-8(4-13-15)3-12-9-5-11-6-10(14-9)16-2/h4-7H,3H2,1-2H3,(H,12,14). The average Bonchev–Trinajstić information content (AvgIpc) is 2.73. The Morgan fingerprint density at radius 2 is 2.25 bits per heavy atom. The highest BCUT2D eigenvalue weighted by Gasteiger charge is 1.99. The smallest absolute Gasteiger partial charge is 0.233 e. The lowest BCUT2D eigenvalue weighted by molar-refractivity contribution is 0.396. The van der Waals surface area contributed by atoms with Crippen molar-refractivity contribution in [3.63, 3.8) is 0 Å². The van der Waals surface area contributed by atoms with E-state index in [1.807, 2.05) is 13.2 Å². The first-order valence-corrected chi connectivity index (χ1v) is 4.85. The van der Waals surface area contributed by atoms with E-state index in [0.29, 0.717) is 18.2 Å². The Bertz CT molecular complexity index is 468. The number of methoxy groups -OCH3 is 1. The summed E-state index contributed by atoms with van der Waals surface area (Å²) in [5.74, 6) is 1.18. The third-order valence-electron chi connectivity index (χ3n) is 2.05. The molecule has 2 aromatic rings.